The van der Waals surface area contributed by atoms with Crippen molar-refractivity contribution in [2.24, 2.45) is 17.8 Å². The van der Waals surface area contributed by atoms with Gasteiger partial charge in [-0.3, -0.25) is 9.78 Å². The predicted octanol–water partition coefficient (Wildman–Crippen LogP) is 4.20. The van der Waals surface area contributed by atoms with Gasteiger partial charge in [0.1, 0.15) is 5.82 Å². The Morgan fingerprint density at radius 1 is 1.20 bits per heavy atom. The lowest BCUT2D eigenvalue weighted by Gasteiger charge is -2.31. The van der Waals surface area contributed by atoms with Crippen molar-refractivity contribution in [3.8, 4) is 0 Å². The number of halogens is 1. The second-order valence-electron chi connectivity index (χ2n) is 7.12. The number of hydrogen-bond donors (Lipinski definition) is 0. The number of aromatic nitrogens is 1. The van der Waals surface area contributed by atoms with Crippen molar-refractivity contribution in [3.63, 3.8) is 0 Å². The van der Waals surface area contributed by atoms with E-state index in [-0.39, 0.29) is 23.7 Å². The van der Waals surface area contributed by atoms with Gasteiger partial charge >= 0.3 is 0 Å². The van der Waals surface area contributed by atoms with Crippen LogP contribution >= 0.6 is 0 Å². The zero-order chi connectivity index (χ0) is 17.4. The highest BCUT2D eigenvalue weighted by Crippen LogP contribution is 2.58. The Hall–Kier alpha value is -2.23. The van der Waals surface area contributed by atoms with Gasteiger partial charge in [-0.25, -0.2) is 4.39 Å². The van der Waals surface area contributed by atoms with Crippen molar-refractivity contribution >= 4 is 5.91 Å². The molecule has 2 saturated carbocycles. The van der Waals surface area contributed by atoms with E-state index in [0.29, 0.717) is 18.4 Å². The molecule has 0 aliphatic heterocycles. The average Bonchev–Trinajstić information content (AvgIpc) is 3.12. The van der Waals surface area contributed by atoms with Gasteiger partial charge < -0.3 is 4.90 Å². The lowest BCUT2D eigenvalue weighted by Crippen LogP contribution is -2.37. The van der Waals surface area contributed by atoms with Crippen LogP contribution in [0.3, 0.4) is 0 Å². The van der Waals surface area contributed by atoms with Gasteiger partial charge in [0, 0.05) is 18.7 Å². The molecule has 3 nitrogen and oxygen atoms in total. The maximum absolute atomic E-state index is 13.4. The Labute approximate surface area is 147 Å². The summed E-state index contributed by atoms with van der Waals surface area (Å²) in [6.07, 6.45) is 5.37. The molecule has 2 aliphatic rings. The van der Waals surface area contributed by atoms with E-state index < -0.39 is 0 Å². The average molecular weight is 338 g/mol. The molecule has 130 valence electrons. The zero-order valence-corrected chi connectivity index (χ0v) is 14.4. The number of fused-ring (bicyclic) bond motifs is 1. The van der Waals surface area contributed by atoms with Gasteiger partial charge in [0.05, 0.1) is 11.7 Å². The minimum Gasteiger partial charge on any atom is -0.330 e. The summed E-state index contributed by atoms with van der Waals surface area (Å²) in [7, 11) is 0. The van der Waals surface area contributed by atoms with E-state index in [1.54, 1.807) is 18.3 Å². The molecule has 25 heavy (non-hydrogen) atoms. The molecule has 4 heteroatoms. The molecule has 0 N–H and O–H groups in total. The first-order chi connectivity index (χ1) is 12.2. The molecule has 4 rings (SSSR count). The summed E-state index contributed by atoms with van der Waals surface area (Å²) in [6, 6.07) is 11.9. The topological polar surface area (TPSA) is 33.2 Å². The van der Waals surface area contributed by atoms with Crippen LogP contribution in [0.5, 0.6) is 0 Å². The number of benzene rings is 1. The van der Waals surface area contributed by atoms with E-state index in [0.717, 1.165) is 11.3 Å². The summed E-state index contributed by atoms with van der Waals surface area (Å²) in [6.45, 7) is 2.63. The van der Waals surface area contributed by atoms with Gasteiger partial charge in [0.15, 0.2) is 0 Å². The highest BCUT2D eigenvalue weighted by atomic mass is 19.1. The molecule has 0 unspecified atom stereocenters. The zero-order valence-electron chi connectivity index (χ0n) is 14.4. The Morgan fingerprint density at radius 2 is 1.92 bits per heavy atom. The minimum absolute atomic E-state index is 0.181. The van der Waals surface area contributed by atoms with Crippen molar-refractivity contribution < 1.29 is 9.18 Å². The second-order valence-corrected chi connectivity index (χ2v) is 7.12. The molecule has 2 aromatic rings. The van der Waals surface area contributed by atoms with Crippen LogP contribution in [0, 0.1) is 23.6 Å². The summed E-state index contributed by atoms with van der Waals surface area (Å²) in [5.41, 5.74) is 1.73. The van der Waals surface area contributed by atoms with E-state index in [9.17, 15) is 9.18 Å². The van der Waals surface area contributed by atoms with Gasteiger partial charge in [-0.1, -0.05) is 24.6 Å². The van der Waals surface area contributed by atoms with Gasteiger partial charge in [0.25, 0.3) is 0 Å². The normalized spacial score (nSPS) is 25.3. The fourth-order valence-corrected chi connectivity index (χ4v) is 4.54. The Bertz CT molecular complexity index is 736. The van der Waals surface area contributed by atoms with Gasteiger partial charge in [-0.05, 0) is 61.4 Å². The number of pyridine rings is 1. The quantitative estimate of drug-likeness (QED) is 0.818. The number of amides is 1. The Morgan fingerprint density at radius 3 is 2.52 bits per heavy atom. The maximum Gasteiger partial charge on any atom is 0.227 e. The van der Waals surface area contributed by atoms with Gasteiger partial charge in [0.2, 0.25) is 5.91 Å². The summed E-state index contributed by atoms with van der Waals surface area (Å²) in [5.74, 6) is 1.31. The minimum atomic E-state index is -0.269. The third-order valence-electron chi connectivity index (χ3n) is 5.78. The van der Waals surface area contributed by atoms with Crippen LogP contribution in [0.4, 0.5) is 4.39 Å². The highest BCUT2D eigenvalue weighted by Gasteiger charge is 2.57. The molecule has 3 atom stereocenters. The van der Waals surface area contributed by atoms with E-state index in [1.165, 1.54) is 31.4 Å². The second kappa shape index (κ2) is 6.58. The Kier molecular flexibility index (Phi) is 4.28. The van der Waals surface area contributed by atoms with Crippen molar-refractivity contribution in [1.29, 1.82) is 0 Å². The van der Waals surface area contributed by atoms with Crippen molar-refractivity contribution in [2.75, 3.05) is 6.54 Å². The van der Waals surface area contributed by atoms with Crippen LogP contribution in [0.25, 0.3) is 0 Å². The van der Waals surface area contributed by atoms with E-state index in [4.69, 9.17) is 0 Å². The summed E-state index contributed by atoms with van der Waals surface area (Å²) in [5, 5.41) is 0. The van der Waals surface area contributed by atoms with Crippen LogP contribution in [-0.4, -0.2) is 22.3 Å². The van der Waals surface area contributed by atoms with Crippen LogP contribution in [0.2, 0.25) is 0 Å². The maximum atomic E-state index is 13.4. The van der Waals surface area contributed by atoms with Crippen LogP contribution in [0.1, 0.15) is 43.5 Å². The smallest absolute Gasteiger partial charge is 0.227 e. The summed E-state index contributed by atoms with van der Waals surface area (Å²) >= 11 is 0. The lowest BCUT2D eigenvalue weighted by molar-refractivity contribution is -0.135. The lowest BCUT2D eigenvalue weighted by atomic mass is 9.99. The molecule has 1 heterocycles. The summed E-state index contributed by atoms with van der Waals surface area (Å²) < 4.78 is 13.4. The van der Waals surface area contributed by atoms with Gasteiger partial charge in [-0.2, -0.15) is 0 Å². The molecule has 1 aromatic carbocycles. The predicted molar refractivity (Wildman–Crippen MR) is 94.2 cm³/mol. The van der Waals surface area contributed by atoms with Crippen LogP contribution < -0.4 is 0 Å². The molecule has 0 saturated heterocycles. The van der Waals surface area contributed by atoms with E-state index in [1.807, 2.05) is 30.0 Å². The first-order valence-electron chi connectivity index (χ1n) is 9.17. The molecule has 1 amide bonds. The molecule has 0 bridgehead atoms. The number of nitrogens with zero attached hydrogens (tertiary/aromatic N) is 2. The van der Waals surface area contributed by atoms with Crippen molar-refractivity contribution in [1.82, 2.24) is 9.88 Å². The standard InChI is InChI=1S/C21H23FN2O/c1-2-24(21(25)19-16-6-5-7-17(16)19)20(18-8-3-4-13-23-18)14-9-11-15(22)12-10-14/h3-4,8-13,16-17,19-20H,2,5-7H2,1H3/t16-,17-,20-/m1/s1. The summed E-state index contributed by atoms with van der Waals surface area (Å²) in [4.78, 5) is 19.7. The number of hydrogen-bond acceptors (Lipinski definition) is 2. The number of carbonyl (C=O) groups is 1. The van der Waals surface area contributed by atoms with Crippen LogP contribution in [-0.2, 0) is 4.79 Å². The number of carbonyl (C=O) groups excluding carboxylic acids is 1. The van der Waals surface area contributed by atoms with Gasteiger partial charge in [-0.15, -0.1) is 0 Å². The SMILES string of the molecule is CCN(C(=O)C1[C@@H]2CCC[C@@H]12)[C@H](c1ccc(F)cc1)c1ccccn1. The fraction of sp³-hybridized carbons (Fsp3) is 0.429. The Balaban J connectivity index is 1.68. The van der Waals surface area contributed by atoms with E-state index in [2.05, 4.69) is 4.98 Å². The third-order valence-corrected chi connectivity index (χ3v) is 5.78. The van der Waals surface area contributed by atoms with Crippen molar-refractivity contribution in [2.45, 2.75) is 32.2 Å². The molecule has 1 aromatic heterocycles. The molecule has 2 fully saturated rings. The first-order valence-corrected chi connectivity index (χ1v) is 9.17. The number of rotatable bonds is 5. The molecular weight excluding hydrogens is 315 g/mol. The monoisotopic (exact) mass is 338 g/mol. The van der Waals surface area contributed by atoms with Crippen LogP contribution in [0.15, 0.2) is 48.7 Å². The third kappa shape index (κ3) is 2.94. The molecule has 0 radical (unpaired) electrons. The van der Waals surface area contributed by atoms with Crippen molar-refractivity contribution in [3.05, 3.63) is 65.7 Å². The molecular formula is C21H23FN2O. The van der Waals surface area contributed by atoms with E-state index >= 15 is 0 Å². The molecule has 0 spiro atoms. The highest BCUT2D eigenvalue weighted by molar-refractivity contribution is 5.83. The fourth-order valence-electron chi connectivity index (χ4n) is 4.54. The molecule has 2 aliphatic carbocycles. The first kappa shape index (κ1) is 16.2. The largest absolute Gasteiger partial charge is 0.330 e.